The standard InChI is InChI=1S/C12H19NO2/c1-2-3-13(4-5-14)12(15)11-7-9-6-10(9)8-11/h2,9-11,14H,1,3-8H2. The van der Waals surface area contributed by atoms with Gasteiger partial charge in [-0.3, -0.25) is 4.79 Å². The number of carbonyl (C=O) groups excluding carboxylic acids is 1. The van der Waals surface area contributed by atoms with Gasteiger partial charge in [-0.2, -0.15) is 0 Å². The average Bonchev–Trinajstić information content (AvgIpc) is 2.84. The van der Waals surface area contributed by atoms with Gasteiger partial charge in [-0.1, -0.05) is 6.08 Å². The summed E-state index contributed by atoms with van der Waals surface area (Å²) in [7, 11) is 0. The van der Waals surface area contributed by atoms with E-state index in [1.54, 1.807) is 11.0 Å². The van der Waals surface area contributed by atoms with Crippen molar-refractivity contribution in [1.29, 1.82) is 0 Å². The fourth-order valence-corrected chi connectivity index (χ4v) is 2.74. The Morgan fingerprint density at radius 2 is 2.07 bits per heavy atom. The lowest BCUT2D eigenvalue weighted by atomic mass is 10.0. The molecule has 0 bridgehead atoms. The first kappa shape index (κ1) is 10.7. The van der Waals surface area contributed by atoms with Crippen LogP contribution in [-0.4, -0.2) is 35.6 Å². The van der Waals surface area contributed by atoms with Crippen LogP contribution in [0, 0.1) is 17.8 Å². The van der Waals surface area contributed by atoms with E-state index in [1.165, 1.54) is 6.42 Å². The van der Waals surface area contributed by atoms with Crippen LogP contribution in [0.4, 0.5) is 0 Å². The van der Waals surface area contributed by atoms with E-state index in [0.29, 0.717) is 13.1 Å². The van der Waals surface area contributed by atoms with E-state index in [1.807, 2.05) is 0 Å². The molecule has 15 heavy (non-hydrogen) atoms. The van der Waals surface area contributed by atoms with Crippen molar-refractivity contribution in [2.75, 3.05) is 19.7 Å². The summed E-state index contributed by atoms with van der Waals surface area (Å²) in [5.41, 5.74) is 0. The number of nitrogens with zero attached hydrogens (tertiary/aromatic N) is 1. The molecule has 0 aromatic heterocycles. The Hall–Kier alpha value is -0.830. The van der Waals surface area contributed by atoms with Crippen LogP contribution in [-0.2, 0) is 4.79 Å². The fraction of sp³-hybridized carbons (Fsp3) is 0.750. The van der Waals surface area contributed by atoms with Gasteiger partial charge in [-0.05, 0) is 31.1 Å². The van der Waals surface area contributed by atoms with Crippen molar-refractivity contribution in [1.82, 2.24) is 4.90 Å². The van der Waals surface area contributed by atoms with Crippen LogP contribution >= 0.6 is 0 Å². The van der Waals surface area contributed by atoms with Crippen LogP contribution in [0.3, 0.4) is 0 Å². The molecule has 3 heteroatoms. The highest BCUT2D eigenvalue weighted by Gasteiger charge is 2.48. The minimum absolute atomic E-state index is 0.0408. The van der Waals surface area contributed by atoms with E-state index in [2.05, 4.69) is 6.58 Å². The first-order valence-electron chi connectivity index (χ1n) is 5.76. The molecule has 0 aromatic carbocycles. The molecule has 0 saturated heterocycles. The van der Waals surface area contributed by atoms with Gasteiger partial charge in [0.15, 0.2) is 0 Å². The van der Waals surface area contributed by atoms with Gasteiger partial charge in [0.1, 0.15) is 0 Å². The normalized spacial score (nSPS) is 32.2. The summed E-state index contributed by atoms with van der Waals surface area (Å²) in [6, 6.07) is 0. The molecule has 0 heterocycles. The number of aliphatic hydroxyl groups excluding tert-OH is 1. The lowest BCUT2D eigenvalue weighted by molar-refractivity contribution is -0.135. The molecule has 2 fully saturated rings. The number of fused-ring (bicyclic) bond motifs is 1. The first-order valence-corrected chi connectivity index (χ1v) is 5.76. The fourth-order valence-electron chi connectivity index (χ4n) is 2.74. The van der Waals surface area contributed by atoms with Crippen molar-refractivity contribution in [2.24, 2.45) is 17.8 Å². The van der Waals surface area contributed by atoms with Gasteiger partial charge < -0.3 is 10.0 Å². The topological polar surface area (TPSA) is 40.5 Å². The number of aliphatic hydroxyl groups is 1. The van der Waals surface area contributed by atoms with E-state index < -0.39 is 0 Å². The smallest absolute Gasteiger partial charge is 0.226 e. The number of rotatable bonds is 5. The van der Waals surface area contributed by atoms with E-state index >= 15 is 0 Å². The van der Waals surface area contributed by atoms with Gasteiger partial charge in [0.2, 0.25) is 5.91 Å². The van der Waals surface area contributed by atoms with Crippen molar-refractivity contribution < 1.29 is 9.90 Å². The van der Waals surface area contributed by atoms with Gasteiger partial charge in [-0.25, -0.2) is 0 Å². The molecule has 0 aromatic rings. The van der Waals surface area contributed by atoms with Crippen LogP contribution in [0.5, 0.6) is 0 Å². The van der Waals surface area contributed by atoms with Crippen molar-refractivity contribution in [2.45, 2.75) is 19.3 Å². The predicted molar refractivity (Wildman–Crippen MR) is 58.2 cm³/mol. The molecule has 0 aliphatic heterocycles. The van der Waals surface area contributed by atoms with Crippen LogP contribution in [0.1, 0.15) is 19.3 Å². The maximum Gasteiger partial charge on any atom is 0.226 e. The Bertz CT molecular complexity index is 254. The van der Waals surface area contributed by atoms with Gasteiger partial charge in [-0.15, -0.1) is 6.58 Å². The third-order valence-electron chi connectivity index (χ3n) is 3.62. The van der Waals surface area contributed by atoms with Gasteiger partial charge in [0, 0.05) is 19.0 Å². The van der Waals surface area contributed by atoms with Crippen molar-refractivity contribution in [3.05, 3.63) is 12.7 Å². The largest absolute Gasteiger partial charge is 0.395 e. The maximum absolute atomic E-state index is 12.1. The summed E-state index contributed by atoms with van der Waals surface area (Å²) in [6.45, 7) is 4.68. The summed E-state index contributed by atoms with van der Waals surface area (Å²) in [4.78, 5) is 13.8. The monoisotopic (exact) mass is 209 g/mol. The highest BCUT2D eigenvalue weighted by Crippen LogP contribution is 2.54. The highest BCUT2D eigenvalue weighted by molar-refractivity contribution is 5.79. The molecule has 1 N–H and O–H groups in total. The lowest BCUT2D eigenvalue weighted by Crippen LogP contribution is -2.37. The molecule has 84 valence electrons. The molecule has 0 spiro atoms. The van der Waals surface area contributed by atoms with E-state index in [-0.39, 0.29) is 18.4 Å². The zero-order valence-corrected chi connectivity index (χ0v) is 9.06. The Morgan fingerprint density at radius 3 is 2.60 bits per heavy atom. The Balaban J connectivity index is 1.88. The molecule has 2 rings (SSSR count). The number of hydrogen-bond donors (Lipinski definition) is 1. The van der Waals surface area contributed by atoms with E-state index in [9.17, 15) is 4.79 Å². The van der Waals surface area contributed by atoms with Gasteiger partial charge >= 0.3 is 0 Å². The molecular formula is C12H19NO2. The maximum atomic E-state index is 12.1. The molecule has 2 aliphatic rings. The Kier molecular flexibility index (Phi) is 3.10. The minimum Gasteiger partial charge on any atom is -0.395 e. The third-order valence-corrected chi connectivity index (χ3v) is 3.62. The van der Waals surface area contributed by atoms with Crippen molar-refractivity contribution >= 4 is 5.91 Å². The molecule has 2 aliphatic carbocycles. The zero-order valence-electron chi connectivity index (χ0n) is 9.06. The van der Waals surface area contributed by atoms with Crippen LogP contribution in [0.25, 0.3) is 0 Å². The summed E-state index contributed by atoms with van der Waals surface area (Å²) in [6.07, 6.45) is 5.21. The zero-order chi connectivity index (χ0) is 10.8. The summed E-state index contributed by atoms with van der Waals surface area (Å²) in [5, 5.41) is 8.89. The molecule has 2 unspecified atom stereocenters. The molecule has 0 radical (unpaired) electrons. The molecule has 1 amide bonds. The SMILES string of the molecule is C=CCN(CCO)C(=O)C1CC2CC2C1. The second kappa shape index (κ2) is 4.35. The van der Waals surface area contributed by atoms with Crippen LogP contribution in [0.15, 0.2) is 12.7 Å². The van der Waals surface area contributed by atoms with E-state index in [4.69, 9.17) is 5.11 Å². The molecule has 2 atom stereocenters. The van der Waals surface area contributed by atoms with Crippen LogP contribution < -0.4 is 0 Å². The summed E-state index contributed by atoms with van der Waals surface area (Å²) < 4.78 is 0. The number of carbonyl (C=O) groups is 1. The lowest BCUT2D eigenvalue weighted by Gasteiger charge is -2.24. The average molecular weight is 209 g/mol. The second-order valence-electron chi connectivity index (χ2n) is 4.72. The van der Waals surface area contributed by atoms with Gasteiger partial charge in [0.05, 0.1) is 6.61 Å². The summed E-state index contributed by atoms with van der Waals surface area (Å²) >= 11 is 0. The first-order chi connectivity index (χ1) is 7.26. The summed E-state index contributed by atoms with van der Waals surface area (Å²) in [5.74, 6) is 2.11. The molecule has 2 saturated carbocycles. The van der Waals surface area contributed by atoms with Crippen LogP contribution in [0.2, 0.25) is 0 Å². The molecular weight excluding hydrogens is 190 g/mol. The molecule has 3 nitrogen and oxygen atoms in total. The van der Waals surface area contributed by atoms with Crippen molar-refractivity contribution in [3.8, 4) is 0 Å². The quantitative estimate of drug-likeness (QED) is 0.687. The predicted octanol–water partition coefficient (Wildman–Crippen LogP) is 1.04. The number of amides is 1. The van der Waals surface area contributed by atoms with E-state index in [0.717, 1.165) is 24.7 Å². The third kappa shape index (κ3) is 2.23. The number of hydrogen-bond acceptors (Lipinski definition) is 2. The van der Waals surface area contributed by atoms with Crippen molar-refractivity contribution in [3.63, 3.8) is 0 Å². The second-order valence-corrected chi connectivity index (χ2v) is 4.72. The van der Waals surface area contributed by atoms with Gasteiger partial charge in [0.25, 0.3) is 0 Å². The Labute approximate surface area is 90.8 Å². The minimum atomic E-state index is 0.0408. The highest BCUT2D eigenvalue weighted by atomic mass is 16.3. The Morgan fingerprint density at radius 1 is 1.40 bits per heavy atom.